The second kappa shape index (κ2) is 7.70. The zero-order valence-electron chi connectivity index (χ0n) is 13.3. The summed E-state index contributed by atoms with van der Waals surface area (Å²) in [6.07, 6.45) is 1.89. The third kappa shape index (κ3) is 4.27. The van der Waals surface area contributed by atoms with Crippen molar-refractivity contribution in [3.63, 3.8) is 0 Å². The van der Waals surface area contributed by atoms with Gasteiger partial charge in [0.25, 0.3) is 0 Å². The van der Waals surface area contributed by atoms with E-state index in [1.165, 1.54) is 12.1 Å². The lowest BCUT2D eigenvalue weighted by Gasteiger charge is -2.33. The fourth-order valence-electron chi connectivity index (χ4n) is 2.81. The maximum atomic E-state index is 13.0. The summed E-state index contributed by atoms with van der Waals surface area (Å²) in [6.45, 7) is 4.30. The van der Waals surface area contributed by atoms with E-state index < -0.39 is 0 Å². The van der Waals surface area contributed by atoms with Gasteiger partial charge in [0.15, 0.2) is 0 Å². The van der Waals surface area contributed by atoms with Gasteiger partial charge < -0.3 is 10.0 Å². The molecule has 1 heterocycles. The van der Waals surface area contributed by atoms with Gasteiger partial charge in [-0.3, -0.25) is 9.69 Å². The molecule has 1 fully saturated rings. The van der Waals surface area contributed by atoms with Crippen molar-refractivity contribution < 1.29 is 14.3 Å². The number of rotatable bonds is 5. The molecule has 4 nitrogen and oxygen atoms in total. The van der Waals surface area contributed by atoms with Crippen molar-refractivity contribution in [1.29, 1.82) is 0 Å². The highest BCUT2D eigenvalue weighted by Gasteiger charge is 2.23. The Labute approximate surface area is 131 Å². The molecular weight excluding hydrogens is 283 g/mol. The van der Waals surface area contributed by atoms with Gasteiger partial charge in [-0.1, -0.05) is 12.1 Å². The fourth-order valence-corrected chi connectivity index (χ4v) is 2.81. The zero-order chi connectivity index (χ0) is 16.1. The number of carbonyl (C=O) groups excluding carboxylic acids is 1. The molecule has 1 atom stereocenters. The quantitative estimate of drug-likeness (QED) is 0.905. The van der Waals surface area contributed by atoms with Crippen molar-refractivity contribution in [2.24, 2.45) is 5.92 Å². The molecule has 1 saturated heterocycles. The van der Waals surface area contributed by atoms with E-state index in [-0.39, 0.29) is 24.4 Å². The zero-order valence-corrected chi connectivity index (χ0v) is 13.3. The van der Waals surface area contributed by atoms with Gasteiger partial charge in [0.05, 0.1) is 12.6 Å². The van der Waals surface area contributed by atoms with Crippen LogP contribution in [0.2, 0.25) is 0 Å². The van der Waals surface area contributed by atoms with E-state index in [1.54, 1.807) is 24.1 Å². The summed E-state index contributed by atoms with van der Waals surface area (Å²) in [4.78, 5) is 16.3. The van der Waals surface area contributed by atoms with Crippen LogP contribution in [-0.2, 0) is 4.79 Å². The molecule has 0 aromatic heterocycles. The first-order chi connectivity index (χ1) is 10.5. The molecule has 0 radical (unpaired) electrons. The third-order valence-electron chi connectivity index (χ3n) is 4.65. The van der Waals surface area contributed by atoms with Crippen molar-refractivity contribution in [1.82, 2.24) is 9.80 Å². The van der Waals surface area contributed by atoms with Gasteiger partial charge in [0.1, 0.15) is 5.82 Å². The van der Waals surface area contributed by atoms with Gasteiger partial charge in [-0.25, -0.2) is 4.39 Å². The minimum absolute atomic E-state index is 0.0688. The van der Waals surface area contributed by atoms with E-state index in [2.05, 4.69) is 4.90 Å². The number of hydrogen-bond donors (Lipinski definition) is 1. The predicted octanol–water partition coefficient (Wildman–Crippen LogP) is 2.05. The molecule has 0 saturated carbocycles. The van der Waals surface area contributed by atoms with Gasteiger partial charge in [-0.15, -0.1) is 0 Å². The first-order valence-electron chi connectivity index (χ1n) is 7.85. The third-order valence-corrected chi connectivity index (χ3v) is 4.65. The van der Waals surface area contributed by atoms with Crippen LogP contribution in [0.15, 0.2) is 24.3 Å². The number of nitrogens with zero attached hydrogens (tertiary/aromatic N) is 2. The lowest BCUT2D eigenvalue weighted by atomic mass is 9.98. The number of hydrogen-bond acceptors (Lipinski definition) is 3. The van der Waals surface area contributed by atoms with Crippen LogP contribution < -0.4 is 0 Å². The van der Waals surface area contributed by atoms with Crippen LogP contribution in [-0.4, -0.2) is 54.1 Å². The largest absolute Gasteiger partial charge is 0.396 e. The molecule has 5 heteroatoms. The molecule has 1 unspecified atom stereocenters. The van der Waals surface area contributed by atoms with Crippen LogP contribution in [0, 0.1) is 11.7 Å². The summed E-state index contributed by atoms with van der Waals surface area (Å²) in [5.41, 5.74) is 0.927. The second-order valence-electron chi connectivity index (χ2n) is 6.13. The summed E-state index contributed by atoms with van der Waals surface area (Å²) in [7, 11) is 1.79. The lowest BCUT2D eigenvalue weighted by Crippen LogP contribution is -2.43. The Kier molecular flexibility index (Phi) is 5.91. The SMILES string of the molecule is CC(c1ccc(F)cc1)N(C)C(=O)CN1CCC(CO)CC1. The number of benzene rings is 1. The van der Waals surface area contributed by atoms with E-state index in [0.717, 1.165) is 31.5 Å². The standard InChI is InChI=1S/C17H25FN2O2/c1-13(15-3-5-16(18)6-4-15)19(2)17(22)11-20-9-7-14(12-21)8-10-20/h3-6,13-14,21H,7-12H2,1-2H3. The molecule has 1 amide bonds. The summed E-state index contributed by atoms with van der Waals surface area (Å²) in [5.74, 6) is 0.179. The predicted molar refractivity (Wildman–Crippen MR) is 83.8 cm³/mol. The molecule has 0 spiro atoms. The number of aliphatic hydroxyl groups is 1. The van der Waals surface area contributed by atoms with Crippen LogP contribution >= 0.6 is 0 Å². The Balaban J connectivity index is 1.87. The van der Waals surface area contributed by atoms with Gasteiger partial charge in [0, 0.05) is 13.7 Å². The van der Waals surface area contributed by atoms with Crippen LogP contribution in [0.4, 0.5) is 4.39 Å². The monoisotopic (exact) mass is 308 g/mol. The van der Waals surface area contributed by atoms with Crippen molar-refractivity contribution in [2.45, 2.75) is 25.8 Å². The summed E-state index contributed by atoms with van der Waals surface area (Å²) in [6, 6.07) is 6.20. The molecule has 0 bridgehead atoms. The first kappa shape index (κ1) is 16.9. The number of aliphatic hydroxyl groups excluding tert-OH is 1. The number of piperidine rings is 1. The molecular formula is C17H25FN2O2. The molecule has 1 aromatic carbocycles. The number of carbonyl (C=O) groups is 1. The normalized spacial score (nSPS) is 18.2. The van der Waals surface area contributed by atoms with Crippen LogP contribution in [0.3, 0.4) is 0 Å². The molecule has 22 heavy (non-hydrogen) atoms. The molecule has 1 aromatic rings. The second-order valence-corrected chi connectivity index (χ2v) is 6.13. The topological polar surface area (TPSA) is 43.8 Å². The number of likely N-dealkylation sites (tertiary alicyclic amines) is 1. The molecule has 2 rings (SSSR count). The summed E-state index contributed by atoms with van der Waals surface area (Å²) >= 11 is 0. The fraction of sp³-hybridized carbons (Fsp3) is 0.588. The van der Waals surface area contributed by atoms with Crippen molar-refractivity contribution in [3.8, 4) is 0 Å². The minimum Gasteiger partial charge on any atom is -0.396 e. The van der Waals surface area contributed by atoms with Crippen molar-refractivity contribution in [2.75, 3.05) is 33.3 Å². The summed E-state index contributed by atoms with van der Waals surface area (Å²) in [5, 5.41) is 9.15. The van der Waals surface area contributed by atoms with E-state index in [1.807, 2.05) is 6.92 Å². The van der Waals surface area contributed by atoms with Crippen LogP contribution in [0.25, 0.3) is 0 Å². The smallest absolute Gasteiger partial charge is 0.236 e. The van der Waals surface area contributed by atoms with Gasteiger partial charge in [0.2, 0.25) is 5.91 Å². The Morgan fingerprint density at radius 3 is 2.50 bits per heavy atom. The van der Waals surface area contributed by atoms with Gasteiger partial charge in [-0.2, -0.15) is 0 Å². The highest BCUT2D eigenvalue weighted by molar-refractivity contribution is 5.78. The van der Waals surface area contributed by atoms with Crippen LogP contribution in [0.1, 0.15) is 31.4 Å². The Bertz CT molecular complexity index is 484. The molecule has 0 aliphatic carbocycles. The Morgan fingerprint density at radius 2 is 1.95 bits per heavy atom. The Hall–Kier alpha value is -1.46. The lowest BCUT2D eigenvalue weighted by molar-refractivity contribution is -0.133. The maximum absolute atomic E-state index is 13.0. The minimum atomic E-state index is -0.267. The van der Waals surface area contributed by atoms with E-state index >= 15 is 0 Å². The average molecular weight is 308 g/mol. The van der Waals surface area contributed by atoms with Crippen molar-refractivity contribution in [3.05, 3.63) is 35.6 Å². The number of halogens is 1. The van der Waals surface area contributed by atoms with E-state index in [9.17, 15) is 9.18 Å². The molecule has 1 aliphatic rings. The number of likely N-dealkylation sites (N-methyl/N-ethyl adjacent to an activating group) is 1. The van der Waals surface area contributed by atoms with Gasteiger partial charge in [-0.05, 0) is 56.5 Å². The highest BCUT2D eigenvalue weighted by atomic mass is 19.1. The highest BCUT2D eigenvalue weighted by Crippen LogP contribution is 2.20. The van der Waals surface area contributed by atoms with Gasteiger partial charge >= 0.3 is 0 Å². The van der Waals surface area contributed by atoms with Crippen molar-refractivity contribution >= 4 is 5.91 Å². The first-order valence-corrected chi connectivity index (χ1v) is 7.85. The molecule has 1 aliphatic heterocycles. The Morgan fingerprint density at radius 1 is 1.36 bits per heavy atom. The van der Waals surface area contributed by atoms with E-state index in [0.29, 0.717) is 12.5 Å². The maximum Gasteiger partial charge on any atom is 0.236 e. The van der Waals surface area contributed by atoms with Crippen LogP contribution in [0.5, 0.6) is 0 Å². The average Bonchev–Trinajstić information content (AvgIpc) is 2.55. The number of amides is 1. The van der Waals surface area contributed by atoms with E-state index in [4.69, 9.17) is 5.11 Å². The molecule has 122 valence electrons. The molecule has 1 N–H and O–H groups in total. The summed E-state index contributed by atoms with van der Waals surface area (Å²) < 4.78 is 13.0.